The van der Waals surface area contributed by atoms with Gasteiger partial charge in [-0.1, -0.05) is 0 Å². The molecule has 1 aliphatic rings. The van der Waals surface area contributed by atoms with E-state index in [0.717, 1.165) is 25.8 Å². The van der Waals surface area contributed by atoms with Crippen LogP contribution in [0.15, 0.2) is 22.7 Å². The van der Waals surface area contributed by atoms with Crippen LogP contribution in [0.4, 0.5) is 0 Å². The van der Waals surface area contributed by atoms with Crippen molar-refractivity contribution in [2.75, 3.05) is 6.54 Å². The molecule has 1 aromatic carbocycles. The van der Waals surface area contributed by atoms with E-state index in [0.29, 0.717) is 10.0 Å². The number of likely N-dealkylation sites (tertiary alicyclic amines) is 1. The number of benzene rings is 1. The number of rotatable bonds is 2. The zero-order valence-electron chi connectivity index (χ0n) is 11.0. The molecule has 0 bridgehead atoms. The molecule has 5 heteroatoms. The van der Waals surface area contributed by atoms with Crippen molar-refractivity contribution in [2.24, 2.45) is 5.73 Å². The zero-order valence-corrected chi connectivity index (χ0v) is 12.6. The molecule has 1 amide bonds. The van der Waals surface area contributed by atoms with Gasteiger partial charge < -0.3 is 15.7 Å². The second-order valence-corrected chi connectivity index (χ2v) is 5.94. The van der Waals surface area contributed by atoms with E-state index >= 15 is 0 Å². The van der Waals surface area contributed by atoms with E-state index in [1.165, 1.54) is 6.07 Å². The summed E-state index contributed by atoms with van der Waals surface area (Å²) in [5.41, 5.74) is 6.48. The molecule has 2 atom stereocenters. The molecular formula is C14H19BrN2O2. The quantitative estimate of drug-likeness (QED) is 0.877. The predicted octanol–water partition coefficient (Wildman–Crippen LogP) is 2.50. The van der Waals surface area contributed by atoms with E-state index in [-0.39, 0.29) is 23.7 Å². The number of piperidine rings is 1. The highest BCUT2D eigenvalue weighted by atomic mass is 79.9. The van der Waals surface area contributed by atoms with Gasteiger partial charge in [0, 0.05) is 24.2 Å². The standard InChI is InChI=1S/C14H19BrN2O2/c1-9(16)12-4-2-3-7-17(12)14(19)10-5-6-11(15)13(18)8-10/h5-6,8-9,12,18H,2-4,7,16H2,1H3. The number of carbonyl (C=O) groups is 1. The van der Waals surface area contributed by atoms with Gasteiger partial charge in [0.25, 0.3) is 5.91 Å². The smallest absolute Gasteiger partial charge is 0.254 e. The summed E-state index contributed by atoms with van der Waals surface area (Å²) in [7, 11) is 0. The summed E-state index contributed by atoms with van der Waals surface area (Å²) in [6.45, 7) is 2.68. The number of nitrogens with zero attached hydrogens (tertiary/aromatic N) is 1. The summed E-state index contributed by atoms with van der Waals surface area (Å²) in [6.07, 6.45) is 3.07. The van der Waals surface area contributed by atoms with Crippen LogP contribution < -0.4 is 5.73 Å². The van der Waals surface area contributed by atoms with Crippen LogP contribution in [0.25, 0.3) is 0 Å². The highest BCUT2D eigenvalue weighted by Crippen LogP contribution is 2.27. The van der Waals surface area contributed by atoms with Crippen molar-refractivity contribution >= 4 is 21.8 Å². The van der Waals surface area contributed by atoms with Crippen molar-refractivity contribution in [2.45, 2.75) is 38.3 Å². The molecular weight excluding hydrogens is 308 g/mol. The number of carbonyl (C=O) groups excluding carboxylic acids is 1. The Morgan fingerprint density at radius 3 is 2.89 bits per heavy atom. The lowest BCUT2D eigenvalue weighted by Gasteiger charge is -2.38. The molecule has 0 radical (unpaired) electrons. The summed E-state index contributed by atoms with van der Waals surface area (Å²) in [5, 5.41) is 9.68. The summed E-state index contributed by atoms with van der Waals surface area (Å²) in [6, 6.07) is 4.96. The summed E-state index contributed by atoms with van der Waals surface area (Å²) < 4.78 is 0.589. The average molecular weight is 327 g/mol. The number of aromatic hydroxyl groups is 1. The maximum absolute atomic E-state index is 12.5. The Morgan fingerprint density at radius 1 is 1.53 bits per heavy atom. The second-order valence-electron chi connectivity index (χ2n) is 5.09. The number of phenolic OH excluding ortho intramolecular Hbond substituents is 1. The van der Waals surface area contributed by atoms with Crippen LogP contribution in [0.2, 0.25) is 0 Å². The molecule has 2 unspecified atom stereocenters. The lowest BCUT2D eigenvalue weighted by Crippen LogP contribution is -2.51. The first-order valence-electron chi connectivity index (χ1n) is 6.56. The molecule has 0 saturated carbocycles. The van der Waals surface area contributed by atoms with E-state index in [4.69, 9.17) is 5.73 Å². The first-order chi connectivity index (χ1) is 9.00. The monoisotopic (exact) mass is 326 g/mol. The van der Waals surface area contributed by atoms with E-state index in [1.807, 2.05) is 11.8 Å². The SMILES string of the molecule is CC(N)C1CCCCN1C(=O)c1ccc(Br)c(O)c1. The number of phenols is 1. The second kappa shape index (κ2) is 5.92. The molecule has 1 heterocycles. The van der Waals surface area contributed by atoms with E-state index in [1.54, 1.807) is 12.1 Å². The van der Waals surface area contributed by atoms with Gasteiger partial charge in [-0.2, -0.15) is 0 Å². The fraction of sp³-hybridized carbons (Fsp3) is 0.500. The molecule has 1 fully saturated rings. The molecule has 3 N–H and O–H groups in total. The third-order valence-corrected chi connectivity index (χ3v) is 4.28. The summed E-state index contributed by atoms with van der Waals surface area (Å²) in [5.74, 6) is 0.0324. The van der Waals surface area contributed by atoms with Crippen LogP contribution in [-0.2, 0) is 0 Å². The van der Waals surface area contributed by atoms with Crippen LogP contribution in [0.1, 0.15) is 36.5 Å². The van der Waals surface area contributed by atoms with Crippen LogP contribution in [-0.4, -0.2) is 34.5 Å². The Labute approximate surface area is 121 Å². The summed E-state index contributed by atoms with van der Waals surface area (Å²) >= 11 is 3.21. The topological polar surface area (TPSA) is 66.6 Å². The number of hydrogen-bond acceptors (Lipinski definition) is 3. The van der Waals surface area contributed by atoms with Gasteiger partial charge in [-0.3, -0.25) is 4.79 Å². The Hall–Kier alpha value is -1.07. The summed E-state index contributed by atoms with van der Waals surface area (Å²) in [4.78, 5) is 14.4. The van der Waals surface area contributed by atoms with Crippen molar-refractivity contribution in [1.29, 1.82) is 0 Å². The van der Waals surface area contributed by atoms with Gasteiger partial charge in [-0.25, -0.2) is 0 Å². The van der Waals surface area contributed by atoms with Crippen molar-refractivity contribution in [3.8, 4) is 5.75 Å². The predicted molar refractivity (Wildman–Crippen MR) is 78.1 cm³/mol. The highest BCUT2D eigenvalue weighted by Gasteiger charge is 2.29. The Balaban J connectivity index is 2.23. The highest BCUT2D eigenvalue weighted by molar-refractivity contribution is 9.10. The molecule has 0 spiro atoms. The van der Waals surface area contributed by atoms with Crippen LogP contribution >= 0.6 is 15.9 Å². The van der Waals surface area contributed by atoms with Crippen LogP contribution in [0.5, 0.6) is 5.75 Å². The Bertz CT molecular complexity index is 477. The van der Waals surface area contributed by atoms with Crippen molar-refractivity contribution in [3.63, 3.8) is 0 Å². The number of halogens is 1. The zero-order chi connectivity index (χ0) is 14.0. The molecule has 1 aromatic rings. The third kappa shape index (κ3) is 3.09. The van der Waals surface area contributed by atoms with Gasteiger partial charge in [0.15, 0.2) is 0 Å². The lowest BCUT2D eigenvalue weighted by atomic mass is 9.96. The van der Waals surface area contributed by atoms with Gasteiger partial charge in [0.05, 0.1) is 4.47 Å². The van der Waals surface area contributed by atoms with Crippen LogP contribution in [0, 0.1) is 0 Å². The van der Waals surface area contributed by atoms with Gasteiger partial charge >= 0.3 is 0 Å². The number of hydrogen-bond donors (Lipinski definition) is 2. The van der Waals surface area contributed by atoms with E-state index in [2.05, 4.69) is 15.9 Å². The van der Waals surface area contributed by atoms with Crippen LogP contribution in [0.3, 0.4) is 0 Å². The molecule has 0 aromatic heterocycles. The molecule has 104 valence electrons. The normalized spacial score (nSPS) is 21.2. The molecule has 19 heavy (non-hydrogen) atoms. The fourth-order valence-corrected chi connectivity index (χ4v) is 2.81. The molecule has 0 aliphatic carbocycles. The maximum Gasteiger partial charge on any atom is 0.254 e. The van der Waals surface area contributed by atoms with Gasteiger partial charge in [0.2, 0.25) is 0 Å². The first kappa shape index (κ1) is 14.3. The van der Waals surface area contributed by atoms with Crippen molar-refractivity contribution in [1.82, 2.24) is 4.90 Å². The largest absolute Gasteiger partial charge is 0.507 e. The lowest BCUT2D eigenvalue weighted by molar-refractivity contribution is 0.0583. The minimum atomic E-state index is -0.0511. The molecule has 2 rings (SSSR count). The first-order valence-corrected chi connectivity index (χ1v) is 7.35. The minimum absolute atomic E-state index is 0.0340. The Morgan fingerprint density at radius 2 is 2.26 bits per heavy atom. The Kier molecular flexibility index (Phi) is 4.47. The van der Waals surface area contributed by atoms with Gasteiger partial charge in [0.1, 0.15) is 5.75 Å². The van der Waals surface area contributed by atoms with Gasteiger partial charge in [-0.15, -0.1) is 0 Å². The van der Waals surface area contributed by atoms with Gasteiger partial charge in [-0.05, 0) is 60.3 Å². The number of nitrogens with two attached hydrogens (primary N) is 1. The molecule has 1 saturated heterocycles. The average Bonchev–Trinajstić information content (AvgIpc) is 2.41. The van der Waals surface area contributed by atoms with Crippen molar-refractivity contribution in [3.05, 3.63) is 28.2 Å². The van der Waals surface area contributed by atoms with E-state index < -0.39 is 0 Å². The minimum Gasteiger partial charge on any atom is -0.507 e. The fourth-order valence-electron chi connectivity index (χ4n) is 2.57. The maximum atomic E-state index is 12.5. The number of amides is 1. The van der Waals surface area contributed by atoms with E-state index in [9.17, 15) is 9.90 Å². The molecule has 1 aliphatic heterocycles. The molecule has 4 nitrogen and oxygen atoms in total. The third-order valence-electron chi connectivity index (χ3n) is 3.61. The van der Waals surface area contributed by atoms with Crippen molar-refractivity contribution < 1.29 is 9.90 Å².